The van der Waals surface area contributed by atoms with Gasteiger partial charge in [0.1, 0.15) is 11.6 Å². The molecule has 0 bridgehead atoms. The highest BCUT2D eigenvalue weighted by Gasteiger charge is 2.36. The van der Waals surface area contributed by atoms with Gasteiger partial charge in [0.15, 0.2) is 0 Å². The lowest BCUT2D eigenvalue weighted by Crippen LogP contribution is -2.27. The van der Waals surface area contributed by atoms with E-state index < -0.39 is 11.8 Å². The summed E-state index contributed by atoms with van der Waals surface area (Å²) in [6.45, 7) is 2.17. The van der Waals surface area contributed by atoms with E-state index in [1.807, 2.05) is 49.4 Å². The second-order valence-corrected chi connectivity index (χ2v) is 7.59. The van der Waals surface area contributed by atoms with Crippen molar-refractivity contribution in [3.63, 3.8) is 0 Å². The standard InChI is InChI=1S/C25H18ClN3O2/c1-16-10-12-18(13-11-16)28-24(30)20(14-27)23-19-7-3-5-9-22(19)29(25(23)31)15-17-6-2-4-8-21(17)26/h2-13H,15H2,1H3,(H,28,30)/b23-20+. The molecule has 1 heterocycles. The van der Waals surface area contributed by atoms with Gasteiger partial charge >= 0.3 is 0 Å². The van der Waals surface area contributed by atoms with E-state index in [1.54, 1.807) is 41.3 Å². The molecule has 0 fully saturated rings. The van der Waals surface area contributed by atoms with Gasteiger partial charge in [0.2, 0.25) is 0 Å². The molecular weight excluding hydrogens is 410 g/mol. The number of para-hydroxylation sites is 1. The van der Waals surface area contributed by atoms with Crippen LogP contribution in [0.5, 0.6) is 0 Å². The first-order chi connectivity index (χ1) is 15.0. The summed E-state index contributed by atoms with van der Waals surface area (Å²) in [5, 5.41) is 13.0. The fourth-order valence-corrected chi connectivity index (χ4v) is 3.72. The molecule has 31 heavy (non-hydrogen) atoms. The van der Waals surface area contributed by atoms with Crippen molar-refractivity contribution in [2.24, 2.45) is 0 Å². The summed E-state index contributed by atoms with van der Waals surface area (Å²) >= 11 is 6.29. The Morgan fingerprint density at radius 3 is 2.42 bits per heavy atom. The van der Waals surface area contributed by atoms with Crippen molar-refractivity contribution >= 4 is 40.4 Å². The van der Waals surface area contributed by atoms with Gasteiger partial charge in [0.25, 0.3) is 11.8 Å². The van der Waals surface area contributed by atoms with E-state index in [4.69, 9.17) is 11.6 Å². The first kappa shape index (κ1) is 20.4. The van der Waals surface area contributed by atoms with Crippen LogP contribution >= 0.6 is 11.6 Å². The van der Waals surface area contributed by atoms with Crippen LogP contribution in [0.15, 0.2) is 78.4 Å². The third-order valence-electron chi connectivity index (χ3n) is 5.11. The van der Waals surface area contributed by atoms with E-state index in [1.165, 1.54) is 0 Å². The molecule has 6 heteroatoms. The van der Waals surface area contributed by atoms with Gasteiger partial charge in [-0.2, -0.15) is 5.26 Å². The smallest absolute Gasteiger partial charge is 0.267 e. The van der Waals surface area contributed by atoms with Gasteiger partial charge in [0, 0.05) is 16.3 Å². The Bertz CT molecular complexity index is 1260. The van der Waals surface area contributed by atoms with Gasteiger partial charge in [-0.15, -0.1) is 0 Å². The minimum absolute atomic E-state index is 0.0924. The van der Waals surface area contributed by atoms with E-state index in [-0.39, 0.29) is 17.7 Å². The predicted octanol–water partition coefficient (Wildman–Crippen LogP) is 5.11. The minimum atomic E-state index is -0.621. The van der Waals surface area contributed by atoms with Crippen LogP contribution in [0.4, 0.5) is 11.4 Å². The molecule has 0 saturated carbocycles. The number of benzene rings is 3. The number of rotatable bonds is 4. The number of carbonyl (C=O) groups is 2. The van der Waals surface area contributed by atoms with E-state index in [9.17, 15) is 14.9 Å². The van der Waals surface area contributed by atoms with Crippen molar-refractivity contribution in [3.05, 3.63) is 100 Å². The molecule has 5 nitrogen and oxygen atoms in total. The fourth-order valence-electron chi connectivity index (χ4n) is 3.53. The molecule has 152 valence electrons. The van der Waals surface area contributed by atoms with E-state index in [0.29, 0.717) is 22.0 Å². The number of amides is 2. The predicted molar refractivity (Wildman–Crippen MR) is 121 cm³/mol. The van der Waals surface area contributed by atoms with Crippen molar-refractivity contribution in [1.29, 1.82) is 5.26 Å². The van der Waals surface area contributed by atoms with Crippen LogP contribution in [0, 0.1) is 18.3 Å². The molecule has 4 rings (SSSR count). The molecule has 0 spiro atoms. The Hall–Kier alpha value is -3.88. The largest absolute Gasteiger partial charge is 0.321 e. The Kier molecular flexibility index (Phi) is 5.57. The van der Waals surface area contributed by atoms with Crippen LogP contribution in [-0.2, 0) is 16.1 Å². The maximum atomic E-state index is 13.4. The number of hydrogen-bond donors (Lipinski definition) is 1. The number of halogens is 1. The van der Waals surface area contributed by atoms with Crippen LogP contribution in [0.2, 0.25) is 5.02 Å². The van der Waals surface area contributed by atoms with Crippen LogP contribution in [-0.4, -0.2) is 11.8 Å². The second-order valence-electron chi connectivity index (χ2n) is 7.18. The topological polar surface area (TPSA) is 73.2 Å². The Morgan fingerprint density at radius 2 is 1.71 bits per heavy atom. The number of nitriles is 1. The van der Waals surface area contributed by atoms with Crippen molar-refractivity contribution in [2.45, 2.75) is 13.5 Å². The quantitative estimate of drug-likeness (QED) is 0.464. The number of aryl methyl sites for hydroxylation is 1. The molecule has 1 N–H and O–H groups in total. The molecule has 3 aromatic rings. The molecule has 0 unspecified atom stereocenters. The first-order valence-corrected chi connectivity index (χ1v) is 10.0. The average molecular weight is 428 g/mol. The van der Waals surface area contributed by atoms with Gasteiger partial charge < -0.3 is 10.2 Å². The lowest BCUT2D eigenvalue weighted by Gasteiger charge is -2.18. The third-order valence-corrected chi connectivity index (χ3v) is 5.48. The molecule has 0 radical (unpaired) electrons. The van der Waals surface area contributed by atoms with Gasteiger partial charge in [-0.05, 0) is 36.8 Å². The molecule has 0 saturated heterocycles. The monoisotopic (exact) mass is 427 g/mol. The summed E-state index contributed by atoms with van der Waals surface area (Å²) in [5.74, 6) is -1.03. The maximum Gasteiger partial charge on any atom is 0.267 e. The van der Waals surface area contributed by atoms with Crippen molar-refractivity contribution < 1.29 is 9.59 Å². The normalized spacial score (nSPS) is 14.1. The number of anilines is 2. The van der Waals surface area contributed by atoms with Gasteiger partial charge in [-0.25, -0.2) is 0 Å². The fraction of sp³-hybridized carbons (Fsp3) is 0.0800. The molecule has 0 aromatic heterocycles. The first-order valence-electron chi connectivity index (χ1n) is 9.66. The zero-order valence-electron chi connectivity index (χ0n) is 16.7. The number of hydrogen-bond acceptors (Lipinski definition) is 3. The summed E-state index contributed by atoms with van der Waals surface area (Å²) < 4.78 is 0. The van der Waals surface area contributed by atoms with Crippen LogP contribution in [0.3, 0.4) is 0 Å². The lowest BCUT2D eigenvalue weighted by molar-refractivity contribution is -0.114. The highest BCUT2D eigenvalue weighted by atomic mass is 35.5. The highest BCUT2D eigenvalue weighted by molar-refractivity contribution is 6.38. The summed E-state index contributed by atoms with van der Waals surface area (Å²) in [7, 11) is 0. The van der Waals surface area contributed by atoms with E-state index in [0.717, 1.165) is 11.1 Å². The van der Waals surface area contributed by atoms with Crippen molar-refractivity contribution in [1.82, 2.24) is 0 Å². The second kappa shape index (κ2) is 8.47. The minimum Gasteiger partial charge on any atom is -0.321 e. The van der Waals surface area contributed by atoms with E-state index >= 15 is 0 Å². The molecule has 1 aliphatic heterocycles. The molecular formula is C25H18ClN3O2. The highest BCUT2D eigenvalue weighted by Crippen LogP contribution is 2.39. The van der Waals surface area contributed by atoms with Gasteiger partial charge in [-0.1, -0.05) is 65.7 Å². The van der Waals surface area contributed by atoms with Crippen LogP contribution in [0.1, 0.15) is 16.7 Å². The summed E-state index contributed by atoms with van der Waals surface area (Å²) in [6, 6.07) is 23.5. The zero-order chi connectivity index (χ0) is 22.0. The SMILES string of the molecule is Cc1ccc(NC(=O)/C(C#N)=C2/C(=O)N(Cc3ccccc3Cl)c3ccccc32)cc1. The number of carbonyl (C=O) groups excluding carboxylic acids is 2. The van der Waals surface area contributed by atoms with Gasteiger partial charge in [-0.3, -0.25) is 9.59 Å². The molecule has 3 aromatic carbocycles. The number of nitrogens with zero attached hydrogens (tertiary/aromatic N) is 2. The van der Waals surface area contributed by atoms with E-state index in [2.05, 4.69) is 5.32 Å². The number of nitrogens with one attached hydrogen (secondary N) is 1. The van der Waals surface area contributed by atoms with Gasteiger partial charge in [0.05, 0.1) is 17.8 Å². The summed E-state index contributed by atoms with van der Waals surface area (Å²) in [5.41, 5.74) is 3.43. The Labute approximate surface area is 185 Å². The maximum absolute atomic E-state index is 13.4. The summed E-state index contributed by atoms with van der Waals surface area (Å²) in [4.78, 5) is 27.8. The van der Waals surface area contributed by atoms with Crippen LogP contribution < -0.4 is 10.2 Å². The zero-order valence-corrected chi connectivity index (χ0v) is 17.5. The summed E-state index contributed by atoms with van der Waals surface area (Å²) in [6.07, 6.45) is 0. The molecule has 2 amide bonds. The third kappa shape index (κ3) is 3.94. The van der Waals surface area contributed by atoms with Crippen molar-refractivity contribution in [3.8, 4) is 6.07 Å². The average Bonchev–Trinajstić information content (AvgIpc) is 3.04. The molecule has 1 aliphatic rings. The lowest BCUT2D eigenvalue weighted by atomic mass is 10.0. The molecule has 0 aliphatic carbocycles. The van der Waals surface area contributed by atoms with Crippen molar-refractivity contribution in [2.75, 3.05) is 10.2 Å². The number of fused-ring (bicyclic) bond motifs is 1. The van der Waals surface area contributed by atoms with Crippen LogP contribution in [0.25, 0.3) is 5.57 Å². The Balaban J connectivity index is 1.74. The molecule has 0 atom stereocenters. The Morgan fingerprint density at radius 1 is 1.03 bits per heavy atom.